The third-order valence-corrected chi connectivity index (χ3v) is 6.28. The topological polar surface area (TPSA) is 79.6 Å². The van der Waals surface area contributed by atoms with Crippen LogP contribution in [-0.4, -0.2) is 28.7 Å². The summed E-state index contributed by atoms with van der Waals surface area (Å²) in [5.41, 5.74) is 2.12. The Bertz CT molecular complexity index is 1120. The number of nitriles is 1. The van der Waals surface area contributed by atoms with Gasteiger partial charge >= 0.3 is 0 Å². The van der Waals surface area contributed by atoms with Crippen LogP contribution in [-0.2, 0) is 10.0 Å². The Morgan fingerprint density at radius 2 is 1.33 bits per heavy atom. The molecular weight excluding hydrogens is 400 g/mol. The molecule has 0 atom stereocenters. The second-order valence-corrected chi connectivity index (χ2v) is 8.58. The van der Waals surface area contributed by atoms with Gasteiger partial charge in [0.1, 0.15) is 24.7 Å². The SMILES string of the molecule is Cc1ccc(S(=O)(=O)N(C)c2ccc(OCCOc3ccc(C#N)cc3)cc2)cc1. The maximum absolute atomic E-state index is 12.8. The largest absolute Gasteiger partial charge is 0.490 e. The second-order valence-electron chi connectivity index (χ2n) is 6.61. The van der Waals surface area contributed by atoms with E-state index in [1.807, 2.05) is 6.92 Å². The highest BCUT2D eigenvalue weighted by Gasteiger charge is 2.21. The fraction of sp³-hybridized carbons (Fsp3) is 0.174. The van der Waals surface area contributed by atoms with Crippen LogP contribution in [0, 0.1) is 18.3 Å². The number of ether oxygens (including phenoxy) is 2. The molecule has 0 unspecified atom stereocenters. The maximum Gasteiger partial charge on any atom is 0.264 e. The summed E-state index contributed by atoms with van der Waals surface area (Å²) in [4.78, 5) is 0.246. The maximum atomic E-state index is 12.8. The van der Waals surface area contributed by atoms with Gasteiger partial charge in [-0.2, -0.15) is 5.26 Å². The first kappa shape index (κ1) is 21.2. The number of sulfonamides is 1. The van der Waals surface area contributed by atoms with Crippen LogP contribution >= 0.6 is 0 Å². The predicted octanol–water partition coefficient (Wildman–Crippen LogP) is 4.15. The Morgan fingerprint density at radius 3 is 1.83 bits per heavy atom. The number of benzene rings is 3. The van der Waals surface area contributed by atoms with Crippen molar-refractivity contribution in [2.24, 2.45) is 0 Å². The van der Waals surface area contributed by atoms with E-state index in [-0.39, 0.29) is 4.90 Å². The predicted molar refractivity (Wildman–Crippen MR) is 115 cm³/mol. The molecule has 0 heterocycles. The first-order valence-corrected chi connectivity index (χ1v) is 10.8. The molecule has 0 aliphatic heterocycles. The van der Waals surface area contributed by atoms with Crippen LogP contribution in [0.3, 0.4) is 0 Å². The van der Waals surface area contributed by atoms with Crippen LogP contribution in [0.15, 0.2) is 77.7 Å². The van der Waals surface area contributed by atoms with Gasteiger partial charge in [-0.05, 0) is 67.6 Å². The summed E-state index contributed by atoms with van der Waals surface area (Å²) < 4.78 is 38.0. The van der Waals surface area contributed by atoms with E-state index in [0.29, 0.717) is 36.0 Å². The number of nitrogens with zero attached hydrogens (tertiary/aromatic N) is 2. The summed E-state index contributed by atoms with van der Waals surface area (Å²) in [5, 5.41) is 8.79. The van der Waals surface area contributed by atoms with Crippen LogP contribution in [0.25, 0.3) is 0 Å². The molecule has 6 nitrogen and oxygen atoms in total. The van der Waals surface area contributed by atoms with Crippen LogP contribution < -0.4 is 13.8 Å². The summed E-state index contributed by atoms with van der Waals surface area (Å²) in [6.07, 6.45) is 0. The minimum atomic E-state index is -3.63. The highest BCUT2D eigenvalue weighted by molar-refractivity contribution is 7.92. The van der Waals surface area contributed by atoms with E-state index in [2.05, 4.69) is 6.07 Å². The normalized spacial score (nSPS) is 10.8. The second kappa shape index (κ2) is 9.33. The van der Waals surface area contributed by atoms with Gasteiger partial charge in [0.2, 0.25) is 0 Å². The van der Waals surface area contributed by atoms with Crippen LogP contribution in [0.5, 0.6) is 11.5 Å². The average molecular weight is 423 g/mol. The number of hydrogen-bond donors (Lipinski definition) is 0. The van der Waals surface area contributed by atoms with Crippen LogP contribution in [0.2, 0.25) is 0 Å². The summed E-state index contributed by atoms with van der Waals surface area (Å²) >= 11 is 0. The van der Waals surface area contributed by atoms with Crippen molar-refractivity contribution < 1.29 is 17.9 Å². The molecule has 0 saturated carbocycles. The molecule has 154 valence electrons. The van der Waals surface area contributed by atoms with Crippen molar-refractivity contribution in [3.8, 4) is 17.6 Å². The lowest BCUT2D eigenvalue weighted by molar-refractivity contribution is 0.217. The van der Waals surface area contributed by atoms with Gasteiger partial charge in [0, 0.05) is 7.05 Å². The average Bonchev–Trinajstić information content (AvgIpc) is 2.77. The molecule has 0 aliphatic carbocycles. The molecule has 0 amide bonds. The van der Waals surface area contributed by atoms with Gasteiger partial charge in [-0.25, -0.2) is 8.42 Å². The molecule has 0 bridgehead atoms. The van der Waals surface area contributed by atoms with Crippen molar-refractivity contribution >= 4 is 15.7 Å². The van der Waals surface area contributed by atoms with Crippen LogP contribution in [0.1, 0.15) is 11.1 Å². The molecule has 0 aromatic heterocycles. The third kappa shape index (κ3) is 5.10. The highest BCUT2D eigenvalue weighted by Crippen LogP contribution is 2.24. The minimum absolute atomic E-state index is 0.246. The molecule has 3 rings (SSSR count). The van der Waals surface area contributed by atoms with E-state index in [9.17, 15) is 8.42 Å². The molecule has 3 aromatic rings. The fourth-order valence-electron chi connectivity index (χ4n) is 2.70. The zero-order chi connectivity index (χ0) is 21.6. The first-order valence-electron chi connectivity index (χ1n) is 9.31. The van der Waals surface area contributed by atoms with Crippen molar-refractivity contribution in [3.05, 3.63) is 83.9 Å². The van der Waals surface area contributed by atoms with E-state index in [0.717, 1.165) is 5.56 Å². The van der Waals surface area contributed by atoms with Gasteiger partial charge in [0.25, 0.3) is 10.0 Å². The van der Waals surface area contributed by atoms with Crippen molar-refractivity contribution in [2.45, 2.75) is 11.8 Å². The van der Waals surface area contributed by atoms with Crippen molar-refractivity contribution in [3.63, 3.8) is 0 Å². The van der Waals surface area contributed by atoms with Crippen molar-refractivity contribution in [1.29, 1.82) is 5.26 Å². The molecule has 0 saturated heterocycles. The fourth-order valence-corrected chi connectivity index (χ4v) is 3.90. The number of hydrogen-bond acceptors (Lipinski definition) is 5. The lowest BCUT2D eigenvalue weighted by Gasteiger charge is -2.20. The number of anilines is 1. The monoisotopic (exact) mass is 422 g/mol. The van der Waals surface area contributed by atoms with Gasteiger partial charge in [-0.1, -0.05) is 17.7 Å². The summed E-state index contributed by atoms with van der Waals surface area (Å²) in [6.45, 7) is 2.58. The molecule has 0 radical (unpaired) electrons. The Labute approximate surface area is 177 Å². The van der Waals surface area contributed by atoms with Crippen molar-refractivity contribution in [1.82, 2.24) is 0 Å². The molecule has 7 heteroatoms. The van der Waals surface area contributed by atoms with E-state index < -0.39 is 10.0 Å². The Hall–Kier alpha value is -3.50. The summed E-state index contributed by atoms with van der Waals surface area (Å²) in [5.74, 6) is 1.28. The summed E-state index contributed by atoms with van der Waals surface area (Å²) in [6, 6.07) is 22.5. The van der Waals surface area contributed by atoms with Gasteiger partial charge in [-0.15, -0.1) is 0 Å². The quantitative estimate of drug-likeness (QED) is 0.510. The highest BCUT2D eigenvalue weighted by atomic mass is 32.2. The van der Waals surface area contributed by atoms with Gasteiger partial charge in [-0.3, -0.25) is 4.31 Å². The summed E-state index contributed by atoms with van der Waals surface area (Å²) in [7, 11) is -2.10. The number of aryl methyl sites for hydroxylation is 1. The Kier molecular flexibility index (Phi) is 6.60. The first-order chi connectivity index (χ1) is 14.4. The van der Waals surface area contributed by atoms with E-state index in [4.69, 9.17) is 14.7 Å². The zero-order valence-electron chi connectivity index (χ0n) is 16.8. The third-order valence-electron chi connectivity index (χ3n) is 4.48. The number of rotatable bonds is 8. The van der Waals surface area contributed by atoms with Gasteiger partial charge in [0.05, 0.1) is 22.2 Å². The molecule has 0 spiro atoms. The van der Waals surface area contributed by atoms with E-state index in [1.54, 1.807) is 72.8 Å². The minimum Gasteiger partial charge on any atom is -0.490 e. The van der Waals surface area contributed by atoms with E-state index >= 15 is 0 Å². The van der Waals surface area contributed by atoms with Crippen LogP contribution in [0.4, 0.5) is 5.69 Å². The molecule has 30 heavy (non-hydrogen) atoms. The van der Waals surface area contributed by atoms with Gasteiger partial charge < -0.3 is 9.47 Å². The lowest BCUT2D eigenvalue weighted by Crippen LogP contribution is -2.26. The van der Waals surface area contributed by atoms with Gasteiger partial charge in [0.15, 0.2) is 0 Å². The van der Waals surface area contributed by atoms with E-state index in [1.165, 1.54) is 11.4 Å². The Morgan fingerprint density at radius 1 is 0.833 bits per heavy atom. The smallest absolute Gasteiger partial charge is 0.264 e. The molecular formula is C23H22N2O4S. The van der Waals surface area contributed by atoms with Crippen molar-refractivity contribution in [2.75, 3.05) is 24.6 Å². The molecule has 3 aromatic carbocycles. The lowest BCUT2D eigenvalue weighted by atomic mass is 10.2. The molecule has 0 N–H and O–H groups in total. The zero-order valence-corrected chi connectivity index (χ0v) is 17.6. The standard InChI is InChI=1S/C23H22N2O4S/c1-18-3-13-23(14-4-18)30(26,27)25(2)20-7-11-22(12-8-20)29-16-15-28-21-9-5-19(17-24)6-10-21/h3-14H,15-16H2,1-2H3. The molecule has 0 fully saturated rings. The Balaban J connectivity index is 1.55. The molecule has 0 aliphatic rings.